The van der Waals surface area contributed by atoms with Gasteiger partial charge in [0.25, 0.3) is 0 Å². The fraction of sp³-hybridized carbons (Fsp3) is 0.500. The summed E-state index contributed by atoms with van der Waals surface area (Å²) < 4.78 is 46.1. The van der Waals surface area contributed by atoms with Crippen LogP contribution in [-0.2, 0) is 16.0 Å². The van der Waals surface area contributed by atoms with Gasteiger partial charge in [0, 0.05) is 6.54 Å². The molecule has 0 radical (unpaired) electrons. The number of para-hydroxylation sites is 1. The van der Waals surface area contributed by atoms with Gasteiger partial charge in [0.1, 0.15) is 11.4 Å². The number of rotatable bonds is 6. The number of carbonyl (C=O) groups is 2. The van der Waals surface area contributed by atoms with Crippen molar-refractivity contribution in [2.45, 2.75) is 39.2 Å². The Morgan fingerprint density at radius 3 is 2.32 bits per heavy atom. The zero-order chi connectivity index (χ0) is 19.3. The lowest BCUT2D eigenvalue weighted by Gasteiger charge is -2.21. The Labute approximate surface area is 142 Å². The number of alkyl halides is 3. The van der Waals surface area contributed by atoms with Gasteiger partial charge in [-0.1, -0.05) is 18.2 Å². The van der Waals surface area contributed by atoms with E-state index in [9.17, 15) is 27.9 Å². The maximum absolute atomic E-state index is 12.4. The first-order valence-corrected chi connectivity index (χ1v) is 7.40. The predicted octanol–water partition coefficient (Wildman–Crippen LogP) is 3.35. The zero-order valence-corrected chi connectivity index (χ0v) is 14.0. The van der Waals surface area contributed by atoms with Crippen LogP contribution in [0.25, 0.3) is 0 Å². The van der Waals surface area contributed by atoms with Crippen molar-refractivity contribution in [1.82, 2.24) is 5.32 Å². The molecule has 0 heterocycles. The van der Waals surface area contributed by atoms with Crippen LogP contribution in [0, 0.1) is 5.92 Å². The molecule has 1 rings (SSSR count). The summed E-state index contributed by atoms with van der Waals surface area (Å²) in [5.74, 6) is -2.89. The summed E-state index contributed by atoms with van der Waals surface area (Å²) in [5, 5.41) is 11.6. The van der Waals surface area contributed by atoms with E-state index in [2.05, 4.69) is 10.1 Å². The van der Waals surface area contributed by atoms with E-state index in [1.807, 2.05) is 0 Å². The molecule has 1 aromatic rings. The van der Waals surface area contributed by atoms with E-state index in [4.69, 9.17) is 4.74 Å². The van der Waals surface area contributed by atoms with E-state index in [-0.39, 0.29) is 18.5 Å². The average Bonchev–Trinajstić information content (AvgIpc) is 2.41. The van der Waals surface area contributed by atoms with Crippen LogP contribution >= 0.6 is 0 Å². The van der Waals surface area contributed by atoms with E-state index in [1.165, 1.54) is 18.2 Å². The minimum Gasteiger partial charge on any atom is -0.481 e. The highest BCUT2D eigenvalue weighted by Crippen LogP contribution is 2.28. The predicted molar refractivity (Wildman–Crippen MR) is 82.2 cm³/mol. The van der Waals surface area contributed by atoms with Crippen LogP contribution in [0.5, 0.6) is 5.75 Å². The van der Waals surface area contributed by atoms with Crippen molar-refractivity contribution in [2.75, 3.05) is 6.54 Å². The summed E-state index contributed by atoms with van der Waals surface area (Å²) in [6.07, 6.45) is -5.94. The largest absolute Gasteiger partial charge is 0.573 e. The number of carboxylic acids is 1. The van der Waals surface area contributed by atoms with Crippen LogP contribution in [0.3, 0.4) is 0 Å². The molecule has 0 spiro atoms. The molecule has 6 nitrogen and oxygen atoms in total. The van der Waals surface area contributed by atoms with Crippen LogP contribution in [-0.4, -0.2) is 35.7 Å². The van der Waals surface area contributed by atoms with Gasteiger partial charge in [-0.15, -0.1) is 13.2 Å². The number of carboxylic acid groups (broad SMARTS) is 1. The van der Waals surface area contributed by atoms with Gasteiger partial charge in [-0.3, -0.25) is 4.79 Å². The molecule has 0 fully saturated rings. The Kier molecular flexibility index (Phi) is 6.66. The Morgan fingerprint density at radius 2 is 1.80 bits per heavy atom. The van der Waals surface area contributed by atoms with E-state index in [0.29, 0.717) is 0 Å². The number of hydrogen-bond donors (Lipinski definition) is 2. The SMILES string of the molecule is CC(C)(C)OC(=O)NC[C@@H](Cc1ccccc1OC(F)(F)F)C(=O)O. The number of benzene rings is 1. The lowest BCUT2D eigenvalue weighted by atomic mass is 9.98. The molecule has 0 bridgehead atoms. The van der Waals surface area contributed by atoms with Crippen molar-refractivity contribution in [3.05, 3.63) is 29.8 Å². The first-order valence-electron chi connectivity index (χ1n) is 7.40. The number of aliphatic carboxylic acids is 1. The van der Waals surface area contributed by atoms with Crippen LogP contribution in [0.2, 0.25) is 0 Å². The third kappa shape index (κ3) is 8.27. The number of amides is 1. The molecule has 0 aliphatic rings. The summed E-state index contributed by atoms with van der Waals surface area (Å²) in [6, 6.07) is 5.26. The smallest absolute Gasteiger partial charge is 0.481 e. The Bertz CT molecular complexity index is 611. The molecule has 0 saturated carbocycles. The molecule has 1 amide bonds. The Hall–Kier alpha value is -2.45. The third-order valence-corrected chi connectivity index (χ3v) is 2.91. The molecule has 0 saturated heterocycles. The molecule has 0 aromatic heterocycles. The highest BCUT2D eigenvalue weighted by atomic mass is 19.4. The highest BCUT2D eigenvalue weighted by molar-refractivity contribution is 5.73. The molecule has 2 N–H and O–H groups in total. The van der Waals surface area contributed by atoms with Crippen LogP contribution in [0.4, 0.5) is 18.0 Å². The normalized spacial score (nSPS) is 13.0. The molecular formula is C16H20F3NO5. The molecule has 0 unspecified atom stereocenters. The minimum absolute atomic E-state index is 0.0678. The molecule has 0 aliphatic carbocycles. The highest BCUT2D eigenvalue weighted by Gasteiger charge is 2.32. The summed E-state index contributed by atoms with van der Waals surface area (Å²) in [5.41, 5.74) is -0.686. The van der Waals surface area contributed by atoms with Crippen molar-refractivity contribution in [2.24, 2.45) is 5.92 Å². The molecule has 140 valence electrons. The second-order valence-corrected chi connectivity index (χ2v) is 6.28. The number of nitrogens with one attached hydrogen (secondary N) is 1. The summed E-state index contributed by atoms with van der Waals surface area (Å²) in [7, 11) is 0. The molecule has 9 heteroatoms. The number of ether oxygens (including phenoxy) is 2. The molecule has 25 heavy (non-hydrogen) atoms. The molecule has 1 atom stereocenters. The van der Waals surface area contributed by atoms with Gasteiger partial charge in [-0.05, 0) is 38.8 Å². The molecule has 1 aromatic carbocycles. The summed E-state index contributed by atoms with van der Waals surface area (Å²) >= 11 is 0. The average molecular weight is 363 g/mol. The fourth-order valence-corrected chi connectivity index (χ4v) is 1.93. The van der Waals surface area contributed by atoms with Gasteiger partial charge in [-0.25, -0.2) is 4.79 Å². The van der Waals surface area contributed by atoms with Gasteiger partial charge >= 0.3 is 18.4 Å². The van der Waals surface area contributed by atoms with Crippen LogP contribution in [0.1, 0.15) is 26.3 Å². The topological polar surface area (TPSA) is 84.9 Å². The summed E-state index contributed by atoms with van der Waals surface area (Å²) in [6.45, 7) is 4.63. The number of carbonyl (C=O) groups excluding carboxylic acids is 1. The Balaban J connectivity index is 2.79. The maximum Gasteiger partial charge on any atom is 0.573 e. The quantitative estimate of drug-likeness (QED) is 0.810. The number of alkyl carbamates (subject to hydrolysis) is 1. The van der Waals surface area contributed by atoms with Crippen molar-refractivity contribution < 1.29 is 37.3 Å². The van der Waals surface area contributed by atoms with Gasteiger partial charge in [0.2, 0.25) is 0 Å². The summed E-state index contributed by atoms with van der Waals surface area (Å²) in [4.78, 5) is 22.9. The van der Waals surface area contributed by atoms with Gasteiger partial charge in [0.05, 0.1) is 5.92 Å². The lowest BCUT2D eigenvalue weighted by molar-refractivity contribution is -0.274. The van der Waals surface area contributed by atoms with Gasteiger partial charge < -0.3 is 19.9 Å². The van der Waals surface area contributed by atoms with Gasteiger partial charge in [-0.2, -0.15) is 0 Å². The fourth-order valence-electron chi connectivity index (χ4n) is 1.93. The lowest BCUT2D eigenvalue weighted by Crippen LogP contribution is -2.37. The molecule has 0 aliphatic heterocycles. The second-order valence-electron chi connectivity index (χ2n) is 6.28. The first kappa shape index (κ1) is 20.6. The zero-order valence-electron chi connectivity index (χ0n) is 14.0. The van der Waals surface area contributed by atoms with E-state index >= 15 is 0 Å². The van der Waals surface area contributed by atoms with Crippen molar-refractivity contribution in [3.8, 4) is 5.75 Å². The number of halogens is 3. The standard InChI is InChI=1S/C16H20F3NO5/c1-15(2,3)25-14(23)20-9-11(13(21)22)8-10-6-4-5-7-12(10)24-16(17,18)19/h4-7,11H,8-9H2,1-3H3,(H,20,23)(H,21,22)/t11-/m1/s1. The number of hydrogen-bond acceptors (Lipinski definition) is 4. The Morgan fingerprint density at radius 1 is 1.20 bits per heavy atom. The van der Waals surface area contributed by atoms with Crippen LogP contribution < -0.4 is 10.1 Å². The second kappa shape index (κ2) is 8.09. The third-order valence-electron chi connectivity index (χ3n) is 2.91. The van der Waals surface area contributed by atoms with Gasteiger partial charge in [0.15, 0.2) is 0 Å². The monoisotopic (exact) mass is 363 g/mol. The maximum atomic E-state index is 12.4. The minimum atomic E-state index is -4.89. The van der Waals surface area contributed by atoms with E-state index < -0.39 is 35.7 Å². The first-order chi connectivity index (χ1) is 11.4. The van der Waals surface area contributed by atoms with Crippen molar-refractivity contribution in [1.29, 1.82) is 0 Å². The van der Waals surface area contributed by atoms with E-state index in [0.717, 1.165) is 6.07 Å². The molecular weight excluding hydrogens is 343 g/mol. The van der Waals surface area contributed by atoms with Crippen molar-refractivity contribution in [3.63, 3.8) is 0 Å². The van der Waals surface area contributed by atoms with Crippen LogP contribution in [0.15, 0.2) is 24.3 Å². The van der Waals surface area contributed by atoms with Crippen molar-refractivity contribution >= 4 is 12.1 Å². The van der Waals surface area contributed by atoms with E-state index in [1.54, 1.807) is 20.8 Å².